The summed E-state index contributed by atoms with van der Waals surface area (Å²) in [4.78, 5) is 12.7. The van der Waals surface area contributed by atoms with Gasteiger partial charge in [0, 0.05) is 39.6 Å². The summed E-state index contributed by atoms with van der Waals surface area (Å²) in [7, 11) is -1.02. The van der Waals surface area contributed by atoms with E-state index in [4.69, 9.17) is 4.52 Å². The van der Waals surface area contributed by atoms with Crippen molar-refractivity contribution in [3.05, 3.63) is 41.3 Å². The molecule has 1 aliphatic carbocycles. The number of urea groups is 1. The number of carbonyl (C=O) groups excluding carboxylic acids is 1. The molecule has 1 aromatic heterocycles. The molecular weight excluding hydrogens is 314 g/mol. The van der Waals surface area contributed by atoms with Crippen LogP contribution in [0.5, 0.6) is 0 Å². The molecule has 2 N–H and O–H groups in total. The average molecular weight is 333 g/mol. The van der Waals surface area contributed by atoms with Crippen LogP contribution < -0.4 is 10.6 Å². The number of fused-ring (bicyclic) bond motifs is 1. The first-order valence-electron chi connectivity index (χ1n) is 7.58. The maximum absolute atomic E-state index is 12.0. The van der Waals surface area contributed by atoms with Crippen molar-refractivity contribution in [1.82, 2.24) is 10.5 Å². The molecule has 0 saturated heterocycles. The molecule has 2 amide bonds. The lowest BCUT2D eigenvalue weighted by atomic mass is 9.96. The molecule has 0 spiro atoms. The minimum atomic E-state index is -1.02. The van der Waals surface area contributed by atoms with E-state index in [0.717, 1.165) is 47.6 Å². The van der Waals surface area contributed by atoms with Crippen LogP contribution >= 0.6 is 0 Å². The van der Waals surface area contributed by atoms with Crippen LogP contribution in [0.15, 0.2) is 33.7 Å². The predicted molar refractivity (Wildman–Crippen MR) is 87.8 cm³/mol. The van der Waals surface area contributed by atoms with Crippen LogP contribution in [0, 0.1) is 0 Å². The number of carbonyl (C=O) groups is 1. The van der Waals surface area contributed by atoms with Crippen molar-refractivity contribution in [2.75, 3.05) is 11.6 Å². The van der Waals surface area contributed by atoms with Gasteiger partial charge in [0.05, 0.1) is 6.54 Å². The third kappa shape index (κ3) is 3.79. The second kappa shape index (κ2) is 6.95. The second-order valence-electron chi connectivity index (χ2n) is 5.52. The zero-order chi connectivity index (χ0) is 16.2. The lowest BCUT2D eigenvalue weighted by Crippen LogP contribution is -2.28. The Hall–Kier alpha value is -2.15. The van der Waals surface area contributed by atoms with Gasteiger partial charge in [-0.05, 0) is 43.5 Å². The van der Waals surface area contributed by atoms with Crippen molar-refractivity contribution >= 4 is 22.5 Å². The molecule has 1 aliphatic rings. The van der Waals surface area contributed by atoms with E-state index < -0.39 is 10.8 Å². The monoisotopic (exact) mass is 333 g/mol. The van der Waals surface area contributed by atoms with Crippen LogP contribution in [0.4, 0.5) is 10.5 Å². The zero-order valence-corrected chi connectivity index (χ0v) is 13.7. The number of benzene rings is 1. The van der Waals surface area contributed by atoms with Crippen molar-refractivity contribution in [3.8, 4) is 0 Å². The molecule has 6 nitrogen and oxygen atoms in total. The first kappa shape index (κ1) is 15.7. The number of aromatic nitrogens is 1. The number of anilines is 1. The van der Waals surface area contributed by atoms with Gasteiger partial charge in [-0.15, -0.1) is 0 Å². The Morgan fingerprint density at radius 2 is 2.00 bits per heavy atom. The summed E-state index contributed by atoms with van der Waals surface area (Å²) in [6.45, 7) is 0.349. The van der Waals surface area contributed by atoms with Crippen LogP contribution in [-0.2, 0) is 30.2 Å². The normalized spacial score (nSPS) is 14.8. The average Bonchev–Trinajstić information content (AvgIpc) is 2.97. The Labute approximate surface area is 137 Å². The van der Waals surface area contributed by atoms with Crippen molar-refractivity contribution in [2.24, 2.45) is 0 Å². The fourth-order valence-corrected chi connectivity index (χ4v) is 3.18. The summed E-state index contributed by atoms with van der Waals surface area (Å²) in [5, 5.41) is 9.59. The van der Waals surface area contributed by atoms with Crippen LogP contribution in [-0.4, -0.2) is 21.7 Å². The number of hydrogen-bond acceptors (Lipinski definition) is 4. The van der Waals surface area contributed by atoms with Crippen molar-refractivity contribution in [1.29, 1.82) is 0 Å². The molecule has 1 aromatic carbocycles. The van der Waals surface area contributed by atoms with E-state index in [9.17, 15) is 9.00 Å². The minimum Gasteiger partial charge on any atom is -0.361 e. The number of rotatable bonds is 4. The van der Waals surface area contributed by atoms with Gasteiger partial charge in [0.1, 0.15) is 11.5 Å². The fourth-order valence-electron chi connectivity index (χ4n) is 2.66. The number of hydrogen-bond donors (Lipinski definition) is 2. The maximum Gasteiger partial charge on any atom is 0.319 e. The fraction of sp³-hybridized carbons (Fsp3) is 0.375. The van der Waals surface area contributed by atoms with Gasteiger partial charge in [0.15, 0.2) is 0 Å². The number of amides is 2. The number of aryl methyl sites for hydroxylation is 1. The highest BCUT2D eigenvalue weighted by molar-refractivity contribution is 7.84. The van der Waals surface area contributed by atoms with E-state index in [1.807, 2.05) is 0 Å². The Balaban J connectivity index is 1.55. The van der Waals surface area contributed by atoms with Gasteiger partial charge < -0.3 is 15.2 Å². The summed E-state index contributed by atoms with van der Waals surface area (Å²) >= 11 is 0. The van der Waals surface area contributed by atoms with E-state index in [2.05, 4.69) is 15.8 Å². The highest BCUT2D eigenvalue weighted by Crippen LogP contribution is 2.24. The van der Waals surface area contributed by atoms with Crippen LogP contribution in [0.2, 0.25) is 0 Å². The van der Waals surface area contributed by atoms with E-state index in [-0.39, 0.29) is 6.03 Å². The molecule has 122 valence electrons. The smallest absolute Gasteiger partial charge is 0.319 e. The lowest BCUT2D eigenvalue weighted by Gasteiger charge is -2.10. The van der Waals surface area contributed by atoms with Crippen molar-refractivity contribution in [3.63, 3.8) is 0 Å². The van der Waals surface area contributed by atoms with E-state index in [1.165, 1.54) is 0 Å². The summed E-state index contributed by atoms with van der Waals surface area (Å²) in [5.41, 5.74) is 2.61. The summed E-state index contributed by atoms with van der Waals surface area (Å²) in [6, 6.07) is 6.63. The Morgan fingerprint density at radius 3 is 2.74 bits per heavy atom. The van der Waals surface area contributed by atoms with Crippen LogP contribution in [0.3, 0.4) is 0 Å². The molecule has 3 rings (SSSR count). The molecule has 2 aromatic rings. The third-order valence-corrected chi connectivity index (χ3v) is 4.83. The molecule has 0 aliphatic heterocycles. The maximum atomic E-state index is 12.0. The lowest BCUT2D eigenvalue weighted by molar-refractivity contribution is 0.251. The molecule has 7 heteroatoms. The van der Waals surface area contributed by atoms with E-state index >= 15 is 0 Å². The van der Waals surface area contributed by atoms with Crippen LogP contribution in [0.1, 0.15) is 29.9 Å². The molecule has 1 atom stereocenters. The summed E-state index contributed by atoms with van der Waals surface area (Å²) < 4.78 is 16.6. The highest BCUT2D eigenvalue weighted by Gasteiger charge is 2.19. The second-order valence-corrected chi connectivity index (χ2v) is 6.90. The quantitative estimate of drug-likeness (QED) is 0.901. The van der Waals surface area contributed by atoms with Crippen LogP contribution in [0.25, 0.3) is 0 Å². The van der Waals surface area contributed by atoms with Gasteiger partial charge in [-0.3, -0.25) is 4.21 Å². The third-order valence-electron chi connectivity index (χ3n) is 3.89. The number of nitrogens with zero attached hydrogens (tertiary/aromatic N) is 1. The predicted octanol–water partition coefficient (Wildman–Crippen LogP) is 2.61. The van der Waals surface area contributed by atoms with Gasteiger partial charge in [-0.2, -0.15) is 0 Å². The standard InChI is InChI=1S/C16H19N3O3S/c1-23(21)12-8-6-11(7-9-12)18-16(20)17-10-14-13-4-2-3-5-15(13)22-19-14/h6-9H,2-5,10H2,1H3,(H2,17,18,20). The SMILES string of the molecule is CS(=O)c1ccc(NC(=O)NCc2noc3c2CCCC3)cc1. The first-order chi connectivity index (χ1) is 11.1. The molecule has 0 bridgehead atoms. The van der Waals surface area contributed by atoms with Crippen molar-refractivity contribution < 1.29 is 13.5 Å². The highest BCUT2D eigenvalue weighted by atomic mass is 32.2. The topological polar surface area (TPSA) is 84.2 Å². The summed E-state index contributed by atoms with van der Waals surface area (Å²) in [6.07, 6.45) is 5.78. The first-order valence-corrected chi connectivity index (χ1v) is 9.14. The molecule has 1 unspecified atom stereocenters. The zero-order valence-electron chi connectivity index (χ0n) is 12.9. The molecule has 0 radical (unpaired) electrons. The van der Waals surface area contributed by atoms with Gasteiger partial charge in [-0.25, -0.2) is 4.79 Å². The van der Waals surface area contributed by atoms with Gasteiger partial charge in [0.2, 0.25) is 0 Å². The summed E-state index contributed by atoms with van der Waals surface area (Å²) in [5.74, 6) is 0.955. The van der Waals surface area contributed by atoms with Gasteiger partial charge in [-0.1, -0.05) is 5.16 Å². The molecule has 0 saturated carbocycles. The molecule has 0 fully saturated rings. The largest absolute Gasteiger partial charge is 0.361 e. The Morgan fingerprint density at radius 1 is 1.26 bits per heavy atom. The van der Waals surface area contributed by atoms with Gasteiger partial charge >= 0.3 is 6.03 Å². The number of nitrogens with one attached hydrogen (secondary N) is 2. The van der Waals surface area contributed by atoms with E-state index in [1.54, 1.807) is 30.5 Å². The van der Waals surface area contributed by atoms with Crippen molar-refractivity contribution in [2.45, 2.75) is 37.1 Å². The van der Waals surface area contributed by atoms with E-state index in [0.29, 0.717) is 12.2 Å². The Kier molecular flexibility index (Phi) is 4.76. The van der Waals surface area contributed by atoms with Gasteiger partial charge in [0.25, 0.3) is 0 Å². The molecule has 1 heterocycles. The Bertz CT molecular complexity index is 725. The minimum absolute atomic E-state index is 0.303. The molecule has 23 heavy (non-hydrogen) atoms. The molecular formula is C16H19N3O3S.